The van der Waals surface area contributed by atoms with Gasteiger partial charge in [0.05, 0.1) is 11.6 Å². The maximum absolute atomic E-state index is 13.6. The van der Waals surface area contributed by atoms with E-state index in [2.05, 4.69) is 5.32 Å². The molecule has 0 bridgehead atoms. The number of halogens is 1. The van der Waals surface area contributed by atoms with E-state index in [-0.39, 0.29) is 12.0 Å². The Morgan fingerprint density at radius 2 is 2.35 bits per heavy atom. The number of amides is 1. The van der Waals surface area contributed by atoms with Gasteiger partial charge in [0.25, 0.3) is 0 Å². The maximum atomic E-state index is 13.6. The van der Waals surface area contributed by atoms with E-state index in [9.17, 15) is 14.0 Å². The van der Waals surface area contributed by atoms with Gasteiger partial charge in [0, 0.05) is 5.75 Å². The van der Waals surface area contributed by atoms with Crippen LogP contribution in [0, 0.1) is 17.1 Å². The van der Waals surface area contributed by atoms with Gasteiger partial charge in [-0.3, -0.25) is 4.79 Å². The lowest BCUT2D eigenvalue weighted by atomic mass is 10.1. The number of nitriles is 1. The Bertz CT molecular complexity index is 531. The highest BCUT2D eigenvalue weighted by molar-refractivity contribution is 7.98. The fourth-order valence-electron chi connectivity index (χ4n) is 1.48. The number of nitrogens with zero attached hydrogens (tertiary/aromatic N) is 1. The molecule has 20 heavy (non-hydrogen) atoms. The molecule has 0 fully saturated rings. The van der Waals surface area contributed by atoms with Crippen LogP contribution in [0.25, 0.3) is 0 Å². The van der Waals surface area contributed by atoms with E-state index in [1.165, 1.54) is 23.9 Å². The minimum Gasteiger partial charge on any atom is -0.480 e. The lowest BCUT2D eigenvalue weighted by Gasteiger charge is -2.10. The second-order valence-corrected chi connectivity index (χ2v) is 5.04. The van der Waals surface area contributed by atoms with E-state index in [1.54, 1.807) is 6.07 Å². The molecule has 0 spiro atoms. The summed E-state index contributed by atoms with van der Waals surface area (Å²) in [5.41, 5.74) is 0.724. The number of rotatable bonds is 8. The molecule has 1 aromatic rings. The molecule has 2 N–H and O–H groups in total. The first-order chi connectivity index (χ1) is 9.58. The first-order valence-electron chi connectivity index (χ1n) is 5.77. The highest BCUT2D eigenvalue weighted by Crippen LogP contribution is 2.18. The molecule has 0 radical (unpaired) electrons. The van der Waals surface area contributed by atoms with E-state index in [4.69, 9.17) is 10.4 Å². The maximum Gasteiger partial charge on any atom is 0.326 e. The van der Waals surface area contributed by atoms with Crippen LogP contribution >= 0.6 is 11.8 Å². The second-order valence-electron chi connectivity index (χ2n) is 3.93. The first-order valence-corrected chi connectivity index (χ1v) is 6.92. The SMILES string of the molecule is N#Cc1ccc(CSCCC(NC=O)C(=O)O)c(F)c1. The van der Waals surface area contributed by atoms with Crippen molar-refractivity contribution < 1.29 is 19.1 Å². The van der Waals surface area contributed by atoms with Crippen molar-refractivity contribution in [1.29, 1.82) is 5.26 Å². The van der Waals surface area contributed by atoms with Gasteiger partial charge < -0.3 is 10.4 Å². The molecule has 5 nitrogen and oxygen atoms in total. The lowest BCUT2D eigenvalue weighted by Crippen LogP contribution is -2.36. The zero-order valence-electron chi connectivity index (χ0n) is 10.5. The molecular formula is C13H13FN2O3S. The largest absolute Gasteiger partial charge is 0.480 e. The average molecular weight is 296 g/mol. The number of nitrogens with one attached hydrogen (secondary N) is 1. The Morgan fingerprint density at radius 3 is 2.90 bits per heavy atom. The van der Waals surface area contributed by atoms with Crippen molar-refractivity contribution in [2.45, 2.75) is 18.2 Å². The lowest BCUT2D eigenvalue weighted by molar-refractivity contribution is -0.140. The van der Waals surface area contributed by atoms with Gasteiger partial charge in [-0.1, -0.05) is 6.07 Å². The highest BCUT2D eigenvalue weighted by Gasteiger charge is 2.15. The van der Waals surface area contributed by atoms with Crippen molar-refractivity contribution in [2.75, 3.05) is 5.75 Å². The van der Waals surface area contributed by atoms with Gasteiger partial charge in [-0.25, -0.2) is 9.18 Å². The first kappa shape index (κ1) is 16.0. The summed E-state index contributed by atoms with van der Waals surface area (Å²) in [7, 11) is 0. The third-order valence-corrected chi connectivity index (χ3v) is 3.60. The molecule has 1 unspecified atom stereocenters. The van der Waals surface area contributed by atoms with Gasteiger partial charge in [-0.05, 0) is 29.9 Å². The summed E-state index contributed by atoms with van der Waals surface area (Å²) in [6.07, 6.45) is 0.611. The summed E-state index contributed by atoms with van der Waals surface area (Å²) in [4.78, 5) is 21.0. The standard InChI is InChI=1S/C13H13FN2O3S/c14-11-5-9(6-15)1-2-10(11)7-20-4-3-12(13(18)19)16-8-17/h1-2,5,8,12H,3-4,7H2,(H,16,17)(H,18,19). The van der Waals surface area contributed by atoms with Crippen LogP contribution in [0.2, 0.25) is 0 Å². The van der Waals surface area contributed by atoms with Gasteiger partial charge in [-0.2, -0.15) is 17.0 Å². The fourth-order valence-corrected chi connectivity index (χ4v) is 2.48. The number of carbonyl (C=O) groups excluding carboxylic acids is 1. The Labute approximate surface area is 119 Å². The van der Waals surface area contributed by atoms with Gasteiger partial charge in [-0.15, -0.1) is 0 Å². The normalized spacial score (nSPS) is 11.4. The van der Waals surface area contributed by atoms with Gasteiger partial charge >= 0.3 is 5.97 Å². The van der Waals surface area contributed by atoms with E-state index < -0.39 is 17.8 Å². The van der Waals surface area contributed by atoms with Gasteiger partial charge in [0.1, 0.15) is 11.9 Å². The molecule has 106 valence electrons. The average Bonchev–Trinajstić information content (AvgIpc) is 2.43. The Balaban J connectivity index is 2.43. The zero-order chi connectivity index (χ0) is 15.0. The molecule has 0 saturated carbocycles. The van der Waals surface area contributed by atoms with Crippen molar-refractivity contribution in [2.24, 2.45) is 0 Å². The molecule has 1 rings (SSSR count). The van der Waals surface area contributed by atoms with Crippen LogP contribution in [0.15, 0.2) is 18.2 Å². The van der Waals surface area contributed by atoms with E-state index in [1.807, 2.05) is 6.07 Å². The molecule has 1 amide bonds. The van der Waals surface area contributed by atoms with Crippen LogP contribution in [0.3, 0.4) is 0 Å². The summed E-state index contributed by atoms with van der Waals surface area (Å²) in [5.74, 6) is -0.693. The quantitative estimate of drug-likeness (QED) is 0.560. The van der Waals surface area contributed by atoms with Crippen LogP contribution in [0.5, 0.6) is 0 Å². The topological polar surface area (TPSA) is 90.2 Å². The van der Waals surface area contributed by atoms with Crippen molar-refractivity contribution >= 4 is 24.1 Å². The predicted octanol–water partition coefficient (Wildman–Crippen LogP) is 1.52. The van der Waals surface area contributed by atoms with Gasteiger partial charge in [0.2, 0.25) is 6.41 Å². The molecule has 0 aliphatic heterocycles. The zero-order valence-corrected chi connectivity index (χ0v) is 11.3. The van der Waals surface area contributed by atoms with Crippen molar-refractivity contribution in [3.8, 4) is 6.07 Å². The molecule has 7 heteroatoms. The number of carboxylic acids is 1. The van der Waals surface area contributed by atoms with Crippen LogP contribution in [-0.4, -0.2) is 29.3 Å². The van der Waals surface area contributed by atoms with E-state index in [0.717, 1.165) is 0 Å². The van der Waals surface area contributed by atoms with Crippen LogP contribution in [0.4, 0.5) is 4.39 Å². The number of aliphatic carboxylic acids is 1. The van der Waals surface area contributed by atoms with Crippen molar-refractivity contribution in [3.63, 3.8) is 0 Å². The third-order valence-electron chi connectivity index (χ3n) is 2.56. The molecule has 0 aliphatic carbocycles. The molecule has 0 aromatic heterocycles. The third kappa shape index (κ3) is 4.90. The Hall–Kier alpha value is -2.07. The second kappa shape index (κ2) is 8.17. The number of thioether (sulfide) groups is 1. The molecule has 1 atom stereocenters. The van der Waals surface area contributed by atoms with Crippen LogP contribution in [0.1, 0.15) is 17.5 Å². The molecule has 0 heterocycles. The monoisotopic (exact) mass is 296 g/mol. The van der Waals surface area contributed by atoms with E-state index >= 15 is 0 Å². The molecule has 0 aliphatic rings. The summed E-state index contributed by atoms with van der Waals surface area (Å²) in [6.45, 7) is 0. The van der Waals surface area contributed by atoms with Crippen molar-refractivity contribution in [1.82, 2.24) is 5.32 Å². The predicted molar refractivity (Wildman–Crippen MR) is 72.5 cm³/mol. The molecular weight excluding hydrogens is 283 g/mol. The van der Waals surface area contributed by atoms with Crippen molar-refractivity contribution in [3.05, 3.63) is 35.1 Å². The summed E-state index contributed by atoms with van der Waals surface area (Å²) in [6, 6.07) is 5.17. The van der Waals surface area contributed by atoms with E-state index in [0.29, 0.717) is 23.5 Å². The summed E-state index contributed by atoms with van der Waals surface area (Å²) < 4.78 is 13.6. The minimum absolute atomic E-state index is 0.261. The smallest absolute Gasteiger partial charge is 0.326 e. The number of carboxylic acid groups (broad SMARTS) is 1. The summed E-state index contributed by atoms with van der Waals surface area (Å²) >= 11 is 1.36. The number of hydrogen-bond acceptors (Lipinski definition) is 4. The fraction of sp³-hybridized carbons (Fsp3) is 0.308. The van der Waals surface area contributed by atoms with Gasteiger partial charge in [0.15, 0.2) is 0 Å². The minimum atomic E-state index is -1.10. The number of benzene rings is 1. The highest BCUT2D eigenvalue weighted by atomic mass is 32.2. The number of hydrogen-bond donors (Lipinski definition) is 2. The number of carbonyl (C=O) groups is 2. The molecule has 1 aromatic carbocycles. The van der Waals surface area contributed by atoms with Crippen LogP contribution < -0.4 is 5.32 Å². The Kier molecular flexibility index (Phi) is 6.53. The molecule has 0 saturated heterocycles. The Morgan fingerprint density at radius 1 is 1.60 bits per heavy atom. The summed E-state index contributed by atoms with van der Waals surface area (Å²) in [5, 5.41) is 19.6. The van der Waals surface area contributed by atoms with Crippen LogP contribution in [-0.2, 0) is 15.3 Å².